The van der Waals surface area contributed by atoms with Gasteiger partial charge < -0.3 is 14.2 Å². The van der Waals surface area contributed by atoms with Crippen molar-refractivity contribution in [2.24, 2.45) is 5.10 Å². The highest BCUT2D eigenvalue weighted by atomic mass is 79.9. The topological polar surface area (TPSA) is 43.3 Å². The number of hydrogen-bond acceptors (Lipinski definition) is 5. The molecular weight excluding hydrogens is 480 g/mol. The smallest absolute Gasteiger partial charge is 0.213 e. The Kier molecular flexibility index (Phi) is 6.09. The molecule has 0 spiro atoms. The summed E-state index contributed by atoms with van der Waals surface area (Å²) in [7, 11) is 0. The van der Waals surface area contributed by atoms with Crippen molar-refractivity contribution in [3.8, 4) is 17.2 Å². The van der Waals surface area contributed by atoms with Gasteiger partial charge in [-0.2, -0.15) is 5.10 Å². The van der Waals surface area contributed by atoms with Crippen LogP contribution in [0.1, 0.15) is 42.3 Å². The van der Waals surface area contributed by atoms with E-state index in [4.69, 9.17) is 19.3 Å². The molecule has 168 valence electrons. The first kappa shape index (κ1) is 21.6. The van der Waals surface area contributed by atoms with Gasteiger partial charge in [-0.05, 0) is 79.2 Å². The normalized spacial score (nSPS) is 18.6. The van der Waals surface area contributed by atoms with Gasteiger partial charge in [0, 0.05) is 22.0 Å². The molecular formula is C27H25BrN2O3. The summed E-state index contributed by atoms with van der Waals surface area (Å²) in [5, 5.41) is 7.12. The Morgan fingerprint density at radius 1 is 1.06 bits per heavy atom. The second-order valence-corrected chi connectivity index (χ2v) is 8.84. The molecule has 5 rings (SSSR count). The summed E-state index contributed by atoms with van der Waals surface area (Å²) in [6.45, 7) is 6.81. The molecule has 6 heteroatoms. The van der Waals surface area contributed by atoms with Crippen LogP contribution in [0.4, 0.5) is 0 Å². The van der Waals surface area contributed by atoms with Crippen molar-refractivity contribution in [3.05, 3.63) is 101 Å². The molecule has 0 aromatic heterocycles. The van der Waals surface area contributed by atoms with Crippen molar-refractivity contribution in [3.63, 3.8) is 0 Å². The fourth-order valence-corrected chi connectivity index (χ4v) is 4.63. The molecule has 0 saturated carbocycles. The first-order valence-corrected chi connectivity index (χ1v) is 11.8. The fourth-order valence-electron chi connectivity index (χ4n) is 4.25. The van der Waals surface area contributed by atoms with Crippen LogP contribution in [-0.4, -0.2) is 23.9 Å². The molecule has 0 bridgehead atoms. The van der Waals surface area contributed by atoms with E-state index in [1.165, 1.54) is 0 Å². The molecule has 0 unspecified atom stereocenters. The molecule has 0 aliphatic carbocycles. The minimum absolute atomic E-state index is 0.0921. The van der Waals surface area contributed by atoms with E-state index in [9.17, 15) is 0 Å². The Bertz CT molecular complexity index is 1170. The zero-order valence-electron chi connectivity index (χ0n) is 18.4. The molecule has 0 N–H and O–H groups in total. The second-order valence-electron chi connectivity index (χ2n) is 7.93. The van der Waals surface area contributed by atoms with Crippen LogP contribution < -0.4 is 14.2 Å². The lowest BCUT2D eigenvalue weighted by molar-refractivity contribution is -0.0191. The number of rotatable bonds is 7. The lowest BCUT2D eigenvalue weighted by atomic mass is 9.96. The Labute approximate surface area is 202 Å². The molecule has 0 radical (unpaired) electrons. The number of hydrogen-bond donors (Lipinski definition) is 0. The van der Waals surface area contributed by atoms with Crippen LogP contribution in [0.3, 0.4) is 0 Å². The lowest BCUT2D eigenvalue weighted by Gasteiger charge is -2.38. The van der Waals surface area contributed by atoms with Gasteiger partial charge in [0.15, 0.2) is 0 Å². The molecule has 2 atom stereocenters. The Morgan fingerprint density at radius 3 is 2.52 bits per heavy atom. The van der Waals surface area contributed by atoms with Crippen molar-refractivity contribution >= 4 is 21.6 Å². The summed E-state index contributed by atoms with van der Waals surface area (Å²) in [5.41, 5.74) is 4.28. The number of ether oxygens (including phenoxy) is 3. The summed E-state index contributed by atoms with van der Waals surface area (Å²) in [5.74, 6) is 2.56. The van der Waals surface area contributed by atoms with Crippen LogP contribution in [0.15, 0.2) is 89.0 Å². The average Bonchev–Trinajstić information content (AvgIpc) is 3.29. The van der Waals surface area contributed by atoms with Gasteiger partial charge >= 0.3 is 0 Å². The summed E-state index contributed by atoms with van der Waals surface area (Å²) in [4.78, 5) is 0. The predicted molar refractivity (Wildman–Crippen MR) is 133 cm³/mol. The van der Waals surface area contributed by atoms with Crippen molar-refractivity contribution in [2.75, 3.05) is 13.2 Å². The number of fused-ring (bicyclic) bond motifs is 3. The standard InChI is InChI=1S/C27H25BrN2O3/c1-3-15-32-22-10-5-18(6-11-22)24-17-25-23-16-20(28)9-14-26(23)33-27(30(25)29-24)19-7-12-21(13-8-19)31-4-2/h3,5-14,16,25,27H,1,4,15,17H2,2H3/t25-,27-/m1/s1. The van der Waals surface area contributed by atoms with Gasteiger partial charge in [-0.1, -0.05) is 28.6 Å². The number of benzene rings is 3. The number of halogens is 1. The van der Waals surface area contributed by atoms with E-state index < -0.39 is 0 Å². The average molecular weight is 505 g/mol. The number of hydrazone groups is 1. The van der Waals surface area contributed by atoms with Crippen molar-refractivity contribution < 1.29 is 14.2 Å². The third-order valence-corrected chi connectivity index (χ3v) is 6.28. The zero-order valence-corrected chi connectivity index (χ0v) is 20.0. The molecule has 2 aliphatic rings. The van der Waals surface area contributed by atoms with Crippen molar-refractivity contribution in [1.29, 1.82) is 0 Å². The molecule has 33 heavy (non-hydrogen) atoms. The van der Waals surface area contributed by atoms with E-state index in [0.29, 0.717) is 13.2 Å². The Hall–Kier alpha value is -3.25. The Morgan fingerprint density at radius 2 is 1.79 bits per heavy atom. The largest absolute Gasteiger partial charge is 0.494 e. The Balaban J connectivity index is 1.48. The first-order chi connectivity index (χ1) is 16.2. The summed E-state index contributed by atoms with van der Waals surface area (Å²) in [6, 6.07) is 22.4. The molecule has 3 aromatic rings. The van der Waals surface area contributed by atoms with E-state index in [1.807, 2.05) is 43.3 Å². The van der Waals surface area contributed by atoms with Crippen LogP contribution in [0.2, 0.25) is 0 Å². The van der Waals surface area contributed by atoms with Gasteiger partial charge in [0.25, 0.3) is 0 Å². The maximum Gasteiger partial charge on any atom is 0.213 e. The lowest BCUT2D eigenvalue weighted by Crippen LogP contribution is -2.33. The summed E-state index contributed by atoms with van der Waals surface area (Å²) in [6.07, 6.45) is 2.23. The monoisotopic (exact) mass is 504 g/mol. The van der Waals surface area contributed by atoms with Crippen LogP contribution in [0.5, 0.6) is 17.2 Å². The van der Waals surface area contributed by atoms with Gasteiger partial charge in [0.05, 0.1) is 18.4 Å². The van der Waals surface area contributed by atoms with Gasteiger partial charge in [-0.15, -0.1) is 0 Å². The molecule has 0 amide bonds. The molecule has 0 fully saturated rings. The highest BCUT2D eigenvalue weighted by molar-refractivity contribution is 9.10. The quantitative estimate of drug-likeness (QED) is 0.337. The SMILES string of the molecule is C=CCOc1ccc(C2=NN3[C@H](C2)c2cc(Br)ccc2O[C@@H]3c2ccc(OCC)cc2)cc1. The van der Waals surface area contributed by atoms with E-state index in [-0.39, 0.29) is 12.3 Å². The van der Waals surface area contributed by atoms with Gasteiger partial charge in [-0.3, -0.25) is 0 Å². The van der Waals surface area contributed by atoms with Crippen molar-refractivity contribution in [2.45, 2.75) is 25.6 Å². The molecule has 3 aromatic carbocycles. The maximum absolute atomic E-state index is 6.46. The van der Waals surface area contributed by atoms with Crippen LogP contribution in [0, 0.1) is 0 Å². The highest BCUT2D eigenvalue weighted by Crippen LogP contribution is 2.48. The molecule has 5 nitrogen and oxygen atoms in total. The van der Waals surface area contributed by atoms with E-state index >= 15 is 0 Å². The van der Waals surface area contributed by atoms with Gasteiger partial charge in [-0.25, -0.2) is 5.01 Å². The van der Waals surface area contributed by atoms with Gasteiger partial charge in [0.1, 0.15) is 23.9 Å². The van der Waals surface area contributed by atoms with Crippen LogP contribution >= 0.6 is 15.9 Å². The van der Waals surface area contributed by atoms with E-state index in [2.05, 4.69) is 57.8 Å². The second kappa shape index (κ2) is 9.32. The summed E-state index contributed by atoms with van der Waals surface area (Å²) >= 11 is 3.61. The summed E-state index contributed by atoms with van der Waals surface area (Å²) < 4.78 is 18.7. The van der Waals surface area contributed by atoms with Crippen LogP contribution in [-0.2, 0) is 0 Å². The zero-order chi connectivity index (χ0) is 22.8. The van der Waals surface area contributed by atoms with E-state index in [0.717, 1.165) is 50.5 Å². The van der Waals surface area contributed by atoms with Gasteiger partial charge in [0.2, 0.25) is 6.23 Å². The van der Waals surface area contributed by atoms with E-state index in [1.54, 1.807) is 6.08 Å². The number of nitrogens with zero attached hydrogens (tertiary/aromatic N) is 2. The highest BCUT2D eigenvalue weighted by Gasteiger charge is 2.41. The predicted octanol–water partition coefficient (Wildman–Crippen LogP) is 6.65. The van der Waals surface area contributed by atoms with Crippen LogP contribution in [0.25, 0.3) is 0 Å². The minimum Gasteiger partial charge on any atom is -0.494 e. The maximum atomic E-state index is 6.46. The molecule has 2 aliphatic heterocycles. The molecule has 0 saturated heterocycles. The third kappa shape index (κ3) is 4.35. The minimum atomic E-state index is -0.313. The van der Waals surface area contributed by atoms with Crippen molar-refractivity contribution in [1.82, 2.24) is 5.01 Å². The first-order valence-electron chi connectivity index (χ1n) is 11.0. The fraction of sp³-hybridized carbons (Fsp3) is 0.222. The molecule has 2 heterocycles. The third-order valence-electron chi connectivity index (χ3n) is 5.78.